The second kappa shape index (κ2) is 9.20. The van der Waals surface area contributed by atoms with Crippen LogP contribution in [0.4, 0.5) is 0 Å². The summed E-state index contributed by atoms with van der Waals surface area (Å²) in [5.41, 5.74) is 2.98. The van der Waals surface area contributed by atoms with Crippen molar-refractivity contribution in [2.24, 2.45) is 0 Å². The van der Waals surface area contributed by atoms with Crippen LogP contribution >= 0.6 is 35.0 Å². The van der Waals surface area contributed by atoms with Crippen molar-refractivity contribution in [1.29, 1.82) is 0 Å². The van der Waals surface area contributed by atoms with E-state index in [1.54, 1.807) is 37.1 Å². The average molecular weight is 450 g/mol. The molecule has 0 radical (unpaired) electrons. The van der Waals surface area contributed by atoms with E-state index in [9.17, 15) is 4.79 Å². The predicted molar refractivity (Wildman–Crippen MR) is 117 cm³/mol. The summed E-state index contributed by atoms with van der Waals surface area (Å²) in [5.74, 6) is -0.439. The zero-order valence-electron chi connectivity index (χ0n) is 16.3. The van der Waals surface area contributed by atoms with E-state index in [0.717, 1.165) is 21.7 Å². The summed E-state index contributed by atoms with van der Waals surface area (Å²) in [6.45, 7) is 6.18. The summed E-state index contributed by atoms with van der Waals surface area (Å²) >= 11 is 13.9. The van der Waals surface area contributed by atoms with Crippen LogP contribution < -0.4 is 0 Å². The Kier molecular flexibility index (Phi) is 6.88. The van der Waals surface area contributed by atoms with Gasteiger partial charge in [0.2, 0.25) is 0 Å². The molecule has 1 N–H and O–H groups in total. The van der Waals surface area contributed by atoms with Gasteiger partial charge in [0.1, 0.15) is 0 Å². The Morgan fingerprint density at radius 2 is 1.83 bits per heavy atom. The average Bonchev–Trinajstić information content (AvgIpc) is 3.06. The standard InChI is InChI=1S/C21H21Cl2N3O2S/c1-4-28-20(27)18-17(9-13-5-7-24-8-6-13)19(26-25-18)21(2,3)29-16-11-14(22)10-15(23)12-16/h5-8,10-12H,4,9H2,1-3H3,(H,25,26). The second-order valence-electron chi connectivity index (χ2n) is 6.90. The van der Waals surface area contributed by atoms with Crippen LogP contribution in [0.5, 0.6) is 0 Å². The first-order valence-corrected chi connectivity index (χ1v) is 10.7. The van der Waals surface area contributed by atoms with Gasteiger partial charge in [-0.25, -0.2) is 4.79 Å². The van der Waals surface area contributed by atoms with Crippen molar-refractivity contribution in [3.05, 3.63) is 75.3 Å². The third-order valence-corrected chi connectivity index (χ3v) is 5.90. The van der Waals surface area contributed by atoms with Crippen molar-refractivity contribution in [3.63, 3.8) is 0 Å². The number of aromatic nitrogens is 3. The fourth-order valence-corrected chi connectivity index (χ4v) is 4.93. The zero-order valence-corrected chi connectivity index (χ0v) is 18.7. The van der Waals surface area contributed by atoms with E-state index in [1.165, 1.54) is 0 Å². The monoisotopic (exact) mass is 449 g/mol. The molecular weight excluding hydrogens is 429 g/mol. The fourth-order valence-electron chi connectivity index (χ4n) is 3.04. The lowest BCUT2D eigenvalue weighted by Gasteiger charge is -2.24. The number of rotatable bonds is 7. The summed E-state index contributed by atoms with van der Waals surface area (Å²) in [4.78, 5) is 17.5. The minimum atomic E-state index is -0.439. The van der Waals surface area contributed by atoms with Crippen LogP contribution in [0, 0.1) is 0 Å². The Morgan fingerprint density at radius 1 is 1.17 bits per heavy atom. The molecule has 0 fully saturated rings. The number of H-pyrrole nitrogens is 1. The molecule has 0 atom stereocenters. The van der Waals surface area contributed by atoms with E-state index >= 15 is 0 Å². The molecule has 0 unspecified atom stereocenters. The SMILES string of the molecule is CCOC(=O)c1n[nH]c(C(C)(C)Sc2cc(Cl)cc(Cl)c2)c1Cc1ccncc1. The highest BCUT2D eigenvalue weighted by Gasteiger charge is 2.32. The molecule has 2 heterocycles. The number of nitrogens with one attached hydrogen (secondary N) is 1. The van der Waals surface area contributed by atoms with Crippen molar-refractivity contribution < 1.29 is 9.53 Å². The molecule has 1 aromatic carbocycles. The number of ether oxygens (including phenoxy) is 1. The second-order valence-corrected chi connectivity index (χ2v) is 9.47. The quantitative estimate of drug-likeness (QED) is 0.358. The van der Waals surface area contributed by atoms with E-state index in [1.807, 2.05) is 24.3 Å². The van der Waals surface area contributed by atoms with Crippen LogP contribution in [0.2, 0.25) is 10.0 Å². The lowest BCUT2D eigenvalue weighted by Crippen LogP contribution is -2.16. The van der Waals surface area contributed by atoms with Gasteiger partial charge in [0.05, 0.1) is 17.0 Å². The van der Waals surface area contributed by atoms with Gasteiger partial charge in [-0.05, 0) is 56.7 Å². The molecule has 0 saturated carbocycles. The molecular formula is C21H21Cl2N3O2S. The predicted octanol–water partition coefficient (Wildman–Crippen LogP) is 5.91. The van der Waals surface area contributed by atoms with Crippen LogP contribution in [0.3, 0.4) is 0 Å². The van der Waals surface area contributed by atoms with E-state index in [-0.39, 0.29) is 6.61 Å². The topological polar surface area (TPSA) is 67.9 Å². The molecule has 29 heavy (non-hydrogen) atoms. The summed E-state index contributed by atoms with van der Waals surface area (Å²) in [5, 5.41) is 8.51. The zero-order chi connectivity index (χ0) is 21.0. The van der Waals surface area contributed by atoms with E-state index in [4.69, 9.17) is 27.9 Å². The number of halogens is 2. The summed E-state index contributed by atoms with van der Waals surface area (Å²) in [6.07, 6.45) is 3.99. The molecule has 8 heteroatoms. The van der Waals surface area contributed by atoms with Gasteiger partial charge in [0.25, 0.3) is 0 Å². The maximum Gasteiger partial charge on any atom is 0.359 e. The van der Waals surface area contributed by atoms with Crippen LogP contribution in [0.25, 0.3) is 0 Å². The Labute approximate surface area is 184 Å². The number of nitrogens with zero attached hydrogens (tertiary/aromatic N) is 2. The highest BCUT2D eigenvalue weighted by molar-refractivity contribution is 8.00. The number of thioether (sulfide) groups is 1. The van der Waals surface area contributed by atoms with Gasteiger partial charge in [-0.3, -0.25) is 10.1 Å². The summed E-state index contributed by atoms with van der Waals surface area (Å²) in [7, 11) is 0. The number of aromatic amines is 1. The normalized spacial score (nSPS) is 11.5. The molecule has 0 spiro atoms. The van der Waals surface area contributed by atoms with Gasteiger partial charge in [-0.1, -0.05) is 23.2 Å². The van der Waals surface area contributed by atoms with Crippen molar-refractivity contribution in [2.45, 2.75) is 36.8 Å². The fraction of sp³-hybridized carbons (Fsp3) is 0.286. The molecule has 152 valence electrons. The Bertz CT molecular complexity index is 986. The largest absolute Gasteiger partial charge is 0.461 e. The minimum absolute atomic E-state index is 0.287. The molecule has 0 amide bonds. The number of hydrogen-bond donors (Lipinski definition) is 1. The Balaban J connectivity index is 2.01. The van der Waals surface area contributed by atoms with Gasteiger partial charge in [0.15, 0.2) is 5.69 Å². The van der Waals surface area contributed by atoms with Gasteiger partial charge in [-0.2, -0.15) is 5.10 Å². The molecule has 0 bridgehead atoms. The van der Waals surface area contributed by atoms with Gasteiger partial charge >= 0.3 is 5.97 Å². The maximum absolute atomic E-state index is 12.5. The number of benzene rings is 1. The lowest BCUT2D eigenvalue weighted by molar-refractivity contribution is 0.0518. The van der Waals surface area contributed by atoms with Crippen LogP contribution in [0.1, 0.15) is 48.1 Å². The smallest absolute Gasteiger partial charge is 0.359 e. The van der Waals surface area contributed by atoms with E-state index in [0.29, 0.717) is 22.2 Å². The number of carbonyl (C=O) groups is 1. The van der Waals surface area contributed by atoms with Crippen molar-refractivity contribution in [1.82, 2.24) is 15.2 Å². The van der Waals surface area contributed by atoms with Crippen LogP contribution in [0.15, 0.2) is 47.6 Å². The Morgan fingerprint density at radius 3 is 2.45 bits per heavy atom. The van der Waals surface area contributed by atoms with Gasteiger partial charge < -0.3 is 4.74 Å². The first-order chi connectivity index (χ1) is 13.8. The van der Waals surface area contributed by atoms with Crippen LogP contribution in [-0.2, 0) is 15.9 Å². The molecule has 0 aliphatic rings. The number of carbonyl (C=O) groups excluding carboxylic acids is 1. The summed E-state index contributed by atoms with van der Waals surface area (Å²) < 4.78 is 4.77. The maximum atomic E-state index is 12.5. The first kappa shape index (κ1) is 21.7. The molecule has 0 aliphatic carbocycles. The highest BCUT2D eigenvalue weighted by atomic mass is 35.5. The number of pyridine rings is 1. The lowest BCUT2D eigenvalue weighted by atomic mass is 9.97. The van der Waals surface area contributed by atoms with Crippen molar-refractivity contribution >= 4 is 40.9 Å². The van der Waals surface area contributed by atoms with Crippen LogP contribution in [-0.4, -0.2) is 27.8 Å². The van der Waals surface area contributed by atoms with Gasteiger partial charge in [0, 0.05) is 39.3 Å². The molecule has 5 nitrogen and oxygen atoms in total. The number of esters is 1. The van der Waals surface area contributed by atoms with Gasteiger partial charge in [-0.15, -0.1) is 11.8 Å². The highest BCUT2D eigenvalue weighted by Crippen LogP contribution is 2.43. The summed E-state index contributed by atoms with van der Waals surface area (Å²) in [6, 6.07) is 9.27. The number of hydrogen-bond acceptors (Lipinski definition) is 5. The Hall–Kier alpha value is -2.02. The van der Waals surface area contributed by atoms with Crippen molar-refractivity contribution in [2.75, 3.05) is 6.61 Å². The first-order valence-electron chi connectivity index (χ1n) is 9.09. The third kappa shape index (κ3) is 5.32. The third-order valence-electron chi connectivity index (χ3n) is 4.28. The minimum Gasteiger partial charge on any atom is -0.461 e. The molecule has 3 rings (SSSR count). The van der Waals surface area contributed by atoms with E-state index in [2.05, 4.69) is 29.0 Å². The molecule has 0 aliphatic heterocycles. The van der Waals surface area contributed by atoms with E-state index < -0.39 is 10.7 Å². The molecule has 3 aromatic rings. The molecule has 0 saturated heterocycles. The molecule has 2 aromatic heterocycles. The van der Waals surface area contributed by atoms with Crippen molar-refractivity contribution in [3.8, 4) is 0 Å².